The van der Waals surface area contributed by atoms with Crippen LogP contribution in [0.25, 0.3) is 0 Å². The van der Waals surface area contributed by atoms with E-state index in [0.29, 0.717) is 23.5 Å². The highest BCUT2D eigenvalue weighted by atomic mass is 16.5. The van der Waals surface area contributed by atoms with Gasteiger partial charge in [0.05, 0.1) is 18.4 Å². The monoisotopic (exact) mass is 262 g/mol. The molecule has 2 rings (SSSR count). The average molecular weight is 262 g/mol. The SMILES string of the molecule is COc1ccc2c(c1)C(=O)C(=O)N2CCCN(C)C. The zero-order chi connectivity index (χ0) is 14.0. The van der Waals surface area contributed by atoms with Crippen LogP contribution in [0.3, 0.4) is 0 Å². The average Bonchev–Trinajstić information content (AvgIpc) is 2.63. The van der Waals surface area contributed by atoms with Crippen LogP contribution in [0.5, 0.6) is 5.75 Å². The predicted octanol–water partition coefficient (Wildman–Crippen LogP) is 1.18. The number of fused-ring (bicyclic) bond motifs is 1. The van der Waals surface area contributed by atoms with Gasteiger partial charge >= 0.3 is 0 Å². The zero-order valence-electron chi connectivity index (χ0n) is 11.5. The van der Waals surface area contributed by atoms with Crippen LogP contribution in [-0.4, -0.2) is 50.9 Å². The molecule has 1 amide bonds. The van der Waals surface area contributed by atoms with E-state index in [4.69, 9.17) is 4.74 Å². The van der Waals surface area contributed by atoms with Gasteiger partial charge in [-0.1, -0.05) is 0 Å². The van der Waals surface area contributed by atoms with Crippen molar-refractivity contribution in [2.24, 2.45) is 0 Å². The van der Waals surface area contributed by atoms with Crippen molar-refractivity contribution in [3.8, 4) is 5.75 Å². The van der Waals surface area contributed by atoms with Crippen LogP contribution in [0, 0.1) is 0 Å². The molecule has 0 radical (unpaired) electrons. The maximum atomic E-state index is 12.0. The summed E-state index contributed by atoms with van der Waals surface area (Å²) in [5, 5.41) is 0. The first-order valence-corrected chi connectivity index (χ1v) is 6.23. The summed E-state index contributed by atoms with van der Waals surface area (Å²) < 4.78 is 5.08. The molecule has 19 heavy (non-hydrogen) atoms. The van der Waals surface area contributed by atoms with Gasteiger partial charge < -0.3 is 14.5 Å². The van der Waals surface area contributed by atoms with E-state index in [-0.39, 0.29) is 0 Å². The highest BCUT2D eigenvalue weighted by molar-refractivity contribution is 6.52. The van der Waals surface area contributed by atoms with Crippen molar-refractivity contribution < 1.29 is 14.3 Å². The van der Waals surface area contributed by atoms with Gasteiger partial charge in [0.15, 0.2) is 0 Å². The van der Waals surface area contributed by atoms with Crippen molar-refractivity contribution in [3.05, 3.63) is 23.8 Å². The number of carbonyl (C=O) groups is 2. The molecule has 0 aliphatic carbocycles. The lowest BCUT2D eigenvalue weighted by Gasteiger charge is -2.18. The predicted molar refractivity (Wildman–Crippen MR) is 72.8 cm³/mol. The van der Waals surface area contributed by atoms with Crippen LogP contribution in [-0.2, 0) is 4.79 Å². The van der Waals surface area contributed by atoms with Crippen molar-refractivity contribution in [1.82, 2.24) is 4.90 Å². The number of nitrogens with zero attached hydrogens (tertiary/aromatic N) is 2. The van der Waals surface area contributed by atoms with Gasteiger partial charge in [0.2, 0.25) is 0 Å². The molecule has 5 heteroatoms. The van der Waals surface area contributed by atoms with Crippen LogP contribution in [0.1, 0.15) is 16.8 Å². The Kier molecular flexibility index (Phi) is 3.85. The molecular weight excluding hydrogens is 244 g/mol. The fourth-order valence-corrected chi connectivity index (χ4v) is 2.17. The van der Waals surface area contributed by atoms with Crippen molar-refractivity contribution in [2.45, 2.75) is 6.42 Å². The van der Waals surface area contributed by atoms with E-state index < -0.39 is 11.7 Å². The molecule has 0 saturated carbocycles. The van der Waals surface area contributed by atoms with Gasteiger partial charge in [0.25, 0.3) is 11.7 Å². The number of rotatable bonds is 5. The highest BCUT2D eigenvalue weighted by Gasteiger charge is 2.35. The third-order valence-electron chi connectivity index (χ3n) is 3.17. The smallest absolute Gasteiger partial charge is 0.299 e. The molecule has 1 aromatic carbocycles. The number of ketones is 1. The van der Waals surface area contributed by atoms with Gasteiger partial charge in [0.1, 0.15) is 5.75 Å². The van der Waals surface area contributed by atoms with Gasteiger partial charge in [-0.3, -0.25) is 9.59 Å². The summed E-state index contributed by atoms with van der Waals surface area (Å²) in [6, 6.07) is 5.16. The molecule has 1 aliphatic heterocycles. The molecule has 0 atom stereocenters. The van der Waals surface area contributed by atoms with Gasteiger partial charge in [-0.15, -0.1) is 0 Å². The number of Topliss-reactive ketones (excluding diaryl/α,β-unsaturated/α-hetero) is 1. The minimum Gasteiger partial charge on any atom is -0.497 e. The first-order chi connectivity index (χ1) is 9.04. The van der Waals surface area contributed by atoms with Crippen molar-refractivity contribution >= 4 is 17.4 Å². The molecule has 0 saturated heterocycles. The van der Waals surface area contributed by atoms with Gasteiger partial charge in [-0.25, -0.2) is 0 Å². The molecule has 1 heterocycles. The fourth-order valence-electron chi connectivity index (χ4n) is 2.17. The van der Waals surface area contributed by atoms with E-state index in [0.717, 1.165) is 13.0 Å². The second kappa shape index (κ2) is 5.40. The third-order valence-corrected chi connectivity index (χ3v) is 3.17. The Bertz CT molecular complexity index is 511. The Morgan fingerprint density at radius 2 is 2.00 bits per heavy atom. The topological polar surface area (TPSA) is 49.9 Å². The molecule has 1 aromatic rings. The van der Waals surface area contributed by atoms with Crippen molar-refractivity contribution in [2.75, 3.05) is 39.2 Å². The summed E-state index contributed by atoms with van der Waals surface area (Å²) in [5.41, 5.74) is 1.13. The molecule has 102 valence electrons. The quantitative estimate of drug-likeness (QED) is 0.748. The number of methoxy groups -OCH3 is 1. The summed E-state index contributed by atoms with van der Waals surface area (Å²) in [4.78, 5) is 27.5. The molecule has 0 fully saturated rings. The van der Waals surface area contributed by atoms with E-state index in [1.54, 1.807) is 23.1 Å². The summed E-state index contributed by atoms with van der Waals surface area (Å²) in [6.07, 6.45) is 0.831. The number of anilines is 1. The second-order valence-electron chi connectivity index (χ2n) is 4.83. The third kappa shape index (κ3) is 2.61. The highest BCUT2D eigenvalue weighted by Crippen LogP contribution is 2.31. The van der Waals surface area contributed by atoms with Crippen LogP contribution in [0.15, 0.2) is 18.2 Å². The minimum atomic E-state index is -0.446. The zero-order valence-corrected chi connectivity index (χ0v) is 11.5. The van der Waals surface area contributed by atoms with Crippen molar-refractivity contribution in [1.29, 1.82) is 0 Å². The van der Waals surface area contributed by atoms with E-state index in [1.807, 2.05) is 14.1 Å². The van der Waals surface area contributed by atoms with Crippen LogP contribution >= 0.6 is 0 Å². The number of benzene rings is 1. The van der Waals surface area contributed by atoms with E-state index in [1.165, 1.54) is 7.11 Å². The first-order valence-electron chi connectivity index (χ1n) is 6.23. The number of carbonyl (C=O) groups excluding carboxylic acids is 2. The molecule has 5 nitrogen and oxygen atoms in total. The minimum absolute atomic E-state index is 0.439. The fraction of sp³-hybridized carbons (Fsp3) is 0.429. The number of amides is 1. The Morgan fingerprint density at radius 1 is 1.26 bits per heavy atom. The van der Waals surface area contributed by atoms with E-state index in [2.05, 4.69) is 4.90 Å². The van der Waals surface area contributed by atoms with Crippen LogP contribution in [0.4, 0.5) is 5.69 Å². The normalized spacial score (nSPS) is 14.2. The maximum Gasteiger partial charge on any atom is 0.299 e. The van der Waals surface area contributed by atoms with Gasteiger partial charge in [-0.2, -0.15) is 0 Å². The van der Waals surface area contributed by atoms with Gasteiger partial charge in [-0.05, 0) is 45.3 Å². The number of hydrogen-bond donors (Lipinski definition) is 0. The second-order valence-corrected chi connectivity index (χ2v) is 4.83. The van der Waals surface area contributed by atoms with Crippen molar-refractivity contribution in [3.63, 3.8) is 0 Å². The molecule has 1 aliphatic rings. The summed E-state index contributed by atoms with van der Waals surface area (Å²) >= 11 is 0. The molecule has 0 aromatic heterocycles. The summed E-state index contributed by atoms with van der Waals surface area (Å²) in [6.45, 7) is 1.44. The lowest BCUT2D eigenvalue weighted by molar-refractivity contribution is -0.114. The first kappa shape index (κ1) is 13.5. The number of hydrogen-bond acceptors (Lipinski definition) is 4. The Morgan fingerprint density at radius 3 is 2.63 bits per heavy atom. The summed E-state index contributed by atoms with van der Waals surface area (Å²) in [7, 11) is 5.50. The maximum absolute atomic E-state index is 12.0. The lowest BCUT2D eigenvalue weighted by Crippen LogP contribution is -2.32. The molecule has 0 bridgehead atoms. The molecular formula is C14H18N2O3. The van der Waals surface area contributed by atoms with E-state index in [9.17, 15) is 9.59 Å². The summed E-state index contributed by atoms with van der Waals surface area (Å²) in [5.74, 6) is -0.296. The van der Waals surface area contributed by atoms with Crippen LogP contribution < -0.4 is 9.64 Å². The van der Waals surface area contributed by atoms with Crippen LogP contribution in [0.2, 0.25) is 0 Å². The molecule has 0 N–H and O–H groups in total. The lowest BCUT2D eigenvalue weighted by atomic mass is 10.1. The molecule has 0 spiro atoms. The Hall–Kier alpha value is -1.88. The van der Waals surface area contributed by atoms with E-state index >= 15 is 0 Å². The largest absolute Gasteiger partial charge is 0.497 e. The molecule has 0 unspecified atom stereocenters. The Balaban J connectivity index is 2.19. The Labute approximate surface area is 112 Å². The standard InChI is InChI=1S/C14H18N2O3/c1-15(2)7-4-8-16-12-6-5-10(19-3)9-11(12)13(17)14(16)18/h5-6,9H,4,7-8H2,1-3H3. The number of ether oxygens (including phenoxy) is 1. The van der Waals surface area contributed by atoms with Gasteiger partial charge in [0, 0.05) is 6.54 Å².